The molecule has 4 rings (SSSR count). The minimum absolute atomic E-state index is 0.0436. The molecule has 2 aliphatic rings. The standard InChI is InChI=1S/C27H34O13/c1-11-20(32)22(34)24(36)26(37-11)40-25-23(35)21(33)12(2)38-27(25)39-15-9-17(30)19(18(31)10-15)16(29)8-5-13-3-6-14(28)7-4-13/h3-4,6-7,9-12,20-28,30-36H,5,8H2,1-2H3/t11-,12-,20-,21-,22+,23+,24+,25-,26-,27?/m0/s1. The molecule has 220 valence electrons. The number of hydrogen-bond donors (Lipinski definition) is 8. The Hall–Kier alpha value is -3.01. The fourth-order valence-corrected chi connectivity index (χ4v) is 4.64. The van der Waals surface area contributed by atoms with Crippen molar-refractivity contribution < 1.29 is 64.6 Å². The van der Waals surface area contributed by atoms with Crippen molar-refractivity contribution in [1.29, 1.82) is 0 Å². The van der Waals surface area contributed by atoms with Crippen molar-refractivity contribution >= 4 is 5.78 Å². The number of phenols is 3. The van der Waals surface area contributed by atoms with Crippen molar-refractivity contribution in [2.45, 2.75) is 88.1 Å². The summed E-state index contributed by atoms with van der Waals surface area (Å²) in [7, 11) is 0. The number of Topliss-reactive ketones (excluding diaryl/α,β-unsaturated/α-hetero) is 1. The minimum atomic E-state index is -1.71. The van der Waals surface area contributed by atoms with E-state index >= 15 is 0 Å². The van der Waals surface area contributed by atoms with Crippen molar-refractivity contribution in [2.24, 2.45) is 0 Å². The maximum Gasteiger partial charge on any atom is 0.229 e. The molecular formula is C27H34O13. The number of benzene rings is 2. The molecule has 2 heterocycles. The van der Waals surface area contributed by atoms with Gasteiger partial charge in [0.1, 0.15) is 59.1 Å². The Labute approximate surface area is 229 Å². The van der Waals surface area contributed by atoms with Crippen molar-refractivity contribution in [3.63, 3.8) is 0 Å². The summed E-state index contributed by atoms with van der Waals surface area (Å²) in [6.45, 7) is 2.90. The van der Waals surface area contributed by atoms with Crippen LogP contribution in [0.25, 0.3) is 0 Å². The Morgan fingerprint density at radius 1 is 0.775 bits per heavy atom. The summed E-state index contributed by atoms with van der Waals surface area (Å²) >= 11 is 0. The Kier molecular flexibility index (Phi) is 9.17. The van der Waals surface area contributed by atoms with Crippen LogP contribution < -0.4 is 4.74 Å². The number of ether oxygens (including phenoxy) is 4. The molecule has 0 aromatic heterocycles. The Morgan fingerprint density at radius 3 is 1.93 bits per heavy atom. The second-order valence-corrected chi connectivity index (χ2v) is 10.0. The lowest BCUT2D eigenvalue weighted by Crippen LogP contribution is -2.63. The van der Waals surface area contributed by atoms with Gasteiger partial charge in [0, 0.05) is 18.6 Å². The van der Waals surface area contributed by atoms with E-state index in [1.54, 1.807) is 12.1 Å². The summed E-state index contributed by atoms with van der Waals surface area (Å²) < 4.78 is 22.4. The molecule has 40 heavy (non-hydrogen) atoms. The summed E-state index contributed by atoms with van der Waals surface area (Å²) in [5.74, 6) is -1.79. The monoisotopic (exact) mass is 566 g/mol. The molecule has 0 spiro atoms. The molecule has 13 nitrogen and oxygen atoms in total. The van der Waals surface area contributed by atoms with E-state index in [9.17, 15) is 45.6 Å². The second-order valence-electron chi connectivity index (χ2n) is 10.0. The SMILES string of the molecule is C[C@@H]1O[C@@H](O[C@@H]2C(Oc3cc(O)c(C(=O)CCc4ccc(O)cc4)c(O)c3)O[C@@H](C)[C@H](O)[C@H]2O)[C@H](O)[C@H](O)[C@H]1O. The number of hydrogen-bond acceptors (Lipinski definition) is 13. The number of carbonyl (C=O) groups excluding carboxylic acids is 1. The Balaban J connectivity index is 1.50. The second kappa shape index (κ2) is 12.2. The van der Waals surface area contributed by atoms with Crippen LogP contribution in [0.4, 0.5) is 0 Å². The lowest BCUT2D eigenvalue weighted by Gasteiger charge is -2.45. The zero-order valence-electron chi connectivity index (χ0n) is 21.8. The zero-order valence-corrected chi connectivity index (χ0v) is 21.8. The van der Waals surface area contributed by atoms with Gasteiger partial charge in [0.25, 0.3) is 0 Å². The fraction of sp³-hybridized carbons (Fsp3) is 0.519. The van der Waals surface area contributed by atoms with E-state index in [0.717, 1.165) is 17.7 Å². The van der Waals surface area contributed by atoms with Gasteiger partial charge >= 0.3 is 0 Å². The quantitative estimate of drug-likeness (QED) is 0.192. The van der Waals surface area contributed by atoms with Gasteiger partial charge in [0.15, 0.2) is 18.2 Å². The lowest BCUT2D eigenvalue weighted by molar-refractivity contribution is -0.352. The van der Waals surface area contributed by atoms with Crippen molar-refractivity contribution in [3.05, 3.63) is 47.5 Å². The zero-order chi connectivity index (χ0) is 29.3. The van der Waals surface area contributed by atoms with Crippen LogP contribution in [-0.2, 0) is 20.6 Å². The van der Waals surface area contributed by atoms with Crippen LogP contribution in [0.5, 0.6) is 23.0 Å². The smallest absolute Gasteiger partial charge is 0.229 e. The number of aliphatic hydroxyl groups is 5. The van der Waals surface area contributed by atoms with Crippen LogP contribution in [0.3, 0.4) is 0 Å². The van der Waals surface area contributed by atoms with Crippen LogP contribution in [0, 0.1) is 0 Å². The van der Waals surface area contributed by atoms with Crippen LogP contribution in [0.2, 0.25) is 0 Å². The molecule has 0 bridgehead atoms. The molecule has 1 unspecified atom stereocenters. The molecule has 2 aromatic carbocycles. The third kappa shape index (κ3) is 6.32. The van der Waals surface area contributed by atoms with Gasteiger partial charge in [-0.2, -0.15) is 0 Å². The van der Waals surface area contributed by atoms with Gasteiger partial charge < -0.3 is 59.8 Å². The first-order valence-electron chi connectivity index (χ1n) is 12.8. The van der Waals surface area contributed by atoms with Crippen molar-refractivity contribution in [2.75, 3.05) is 0 Å². The van der Waals surface area contributed by atoms with E-state index in [2.05, 4.69) is 0 Å². The number of rotatable bonds is 8. The molecule has 13 heteroatoms. The van der Waals surface area contributed by atoms with Gasteiger partial charge in [-0.1, -0.05) is 12.1 Å². The fourth-order valence-electron chi connectivity index (χ4n) is 4.64. The third-order valence-corrected chi connectivity index (χ3v) is 7.06. The third-order valence-electron chi connectivity index (χ3n) is 7.06. The van der Waals surface area contributed by atoms with E-state index in [-0.39, 0.29) is 23.5 Å². The number of carbonyl (C=O) groups is 1. The summed E-state index contributed by atoms with van der Waals surface area (Å²) in [6, 6.07) is 8.38. The van der Waals surface area contributed by atoms with Gasteiger partial charge in [0.2, 0.25) is 6.29 Å². The molecule has 2 aliphatic heterocycles. The normalized spacial score (nSPS) is 34.4. The highest BCUT2D eigenvalue weighted by Crippen LogP contribution is 2.36. The van der Waals surface area contributed by atoms with Gasteiger partial charge in [-0.25, -0.2) is 0 Å². The van der Waals surface area contributed by atoms with Gasteiger partial charge in [-0.3, -0.25) is 4.79 Å². The number of aryl methyl sites for hydroxylation is 1. The summed E-state index contributed by atoms with van der Waals surface area (Å²) in [6.07, 6.45) is -13.9. The molecule has 0 radical (unpaired) electrons. The number of ketones is 1. The highest BCUT2D eigenvalue weighted by Gasteiger charge is 2.50. The van der Waals surface area contributed by atoms with Crippen molar-refractivity contribution in [3.8, 4) is 23.0 Å². The maximum atomic E-state index is 12.7. The highest BCUT2D eigenvalue weighted by molar-refractivity contribution is 6.01. The van der Waals surface area contributed by atoms with E-state index in [1.807, 2.05) is 0 Å². The molecule has 0 saturated carbocycles. The van der Waals surface area contributed by atoms with Gasteiger partial charge in [0.05, 0.1) is 12.2 Å². The highest BCUT2D eigenvalue weighted by atomic mass is 16.8. The molecule has 10 atom stereocenters. The van der Waals surface area contributed by atoms with Gasteiger partial charge in [-0.05, 0) is 38.0 Å². The molecule has 2 saturated heterocycles. The first-order valence-corrected chi connectivity index (χ1v) is 12.8. The number of aliphatic hydroxyl groups excluding tert-OH is 5. The summed E-state index contributed by atoms with van der Waals surface area (Å²) in [5.41, 5.74) is 0.441. The average molecular weight is 567 g/mol. The van der Waals surface area contributed by atoms with Crippen molar-refractivity contribution in [1.82, 2.24) is 0 Å². The summed E-state index contributed by atoms with van der Waals surface area (Å²) in [5, 5.41) is 81.9. The predicted octanol–water partition coefficient (Wildman–Crippen LogP) is -0.323. The molecular weight excluding hydrogens is 532 g/mol. The molecule has 8 N–H and O–H groups in total. The molecule has 0 aliphatic carbocycles. The predicted molar refractivity (Wildman–Crippen MR) is 135 cm³/mol. The Bertz CT molecular complexity index is 1150. The molecule has 0 amide bonds. The average Bonchev–Trinajstić information content (AvgIpc) is 2.90. The van der Waals surface area contributed by atoms with E-state index < -0.39 is 78.7 Å². The maximum absolute atomic E-state index is 12.7. The minimum Gasteiger partial charge on any atom is -0.508 e. The molecule has 2 aromatic rings. The van der Waals surface area contributed by atoms with E-state index in [4.69, 9.17) is 18.9 Å². The van der Waals surface area contributed by atoms with Crippen LogP contribution in [-0.4, -0.2) is 108 Å². The van der Waals surface area contributed by atoms with Crippen LogP contribution in [0.15, 0.2) is 36.4 Å². The Morgan fingerprint density at radius 2 is 1.32 bits per heavy atom. The molecule has 2 fully saturated rings. The van der Waals surface area contributed by atoms with Crippen LogP contribution in [0.1, 0.15) is 36.2 Å². The summed E-state index contributed by atoms with van der Waals surface area (Å²) in [4.78, 5) is 12.7. The topological polar surface area (TPSA) is 216 Å². The largest absolute Gasteiger partial charge is 0.508 e. The van der Waals surface area contributed by atoms with Crippen LogP contribution >= 0.6 is 0 Å². The number of aromatic hydroxyl groups is 3. The van der Waals surface area contributed by atoms with E-state index in [1.165, 1.54) is 26.0 Å². The first kappa shape index (κ1) is 30.0. The lowest BCUT2D eigenvalue weighted by atomic mass is 9.98. The van der Waals surface area contributed by atoms with Gasteiger partial charge in [-0.15, -0.1) is 0 Å². The first-order chi connectivity index (χ1) is 18.9. The van der Waals surface area contributed by atoms with E-state index in [0.29, 0.717) is 6.42 Å². The number of phenolic OH excluding ortho intramolecular Hbond substituents is 3.